The number of nitrogens with zero attached hydrogens (tertiary/aromatic N) is 6. The number of benzene rings is 4. The number of hydrogen-bond donors (Lipinski definition) is 1. The van der Waals surface area contributed by atoms with Gasteiger partial charge in [0.1, 0.15) is 17.2 Å². The predicted molar refractivity (Wildman–Crippen MR) is 221 cm³/mol. The summed E-state index contributed by atoms with van der Waals surface area (Å²) >= 11 is 6.42. The Morgan fingerprint density at radius 2 is 1.57 bits per heavy atom. The van der Waals surface area contributed by atoms with E-state index in [9.17, 15) is 19.5 Å². The van der Waals surface area contributed by atoms with Gasteiger partial charge in [-0.15, -0.1) is 0 Å². The summed E-state index contributed by atoms with van der Waals surface area (Å²) in [6.45, 7) is -0.242. The van der Waals surface area contributed by atoms with Crippen LogP contribution in [-0.2, 0) is 41.6 Å². The molecule has 9 rings (SSSR count). The number of aromatic nitrogens is 5. The molecule has 1 saturated carbocycles. The number of amides is 2. The summed E-state index contributed by atoms with van der Waals surface area (Å²) in [5.41, 5.74) is -0.636. The van der Waals surface area contributed by atoms with Crippen molar-refractivity contribution in [1.29, 1.82) is 0 Å². The molecule has 1 saturated heterocycles. The van der Waals surface area contributed by atoms with E-state index in [0.29, 0.717) is 38.7 Å². The Bertz CT molecular complexity index is 2990. The molecule has 16 heteroatoms. The van der Waals surface area contributed by atoms with Crippen molar-refractivity contribution in [3.8, 4) is 23.0 Å². The Kier molecular flexibility index (Phi) is 9.30. The smallest absolute Gasteiger partial charge is 0.347 e. The molecule has 0 spiro atoms. The maximum atomic E-state index is 15.5. The first-order chi connectivity index (χ1) is 29.0. The Morgan fingerprint density at radius 1 is 0.850 bits per heavy atom. The van der Waals surface area contributed by atoms with Crippen molar-refractivity contribution in [3.05, 3.63) is 150 Å². The van der Waals surface area contributed by atoms with Gasteiger partial charge in [0.15, 0.2) is 11.5 Å². The predicted octanol–water partition coefficient (Wildman–Crippen LogP) is 4.48. The second kappa shape index (κ2) is 14.4. The summed E-state index contributed by atoms with van der Waals surface area (Å²) in [4.78, 5) is 78.7. The maximum absolute atomic E-state index is 15.5. The molecule has 2 amide bonds. The molecule has 2 fully saturated rings. The van der Waals surface area contributed by atoms with Gasteiger partial charge in [-0.2, -0.15) is 0 Å². The molecule has 15 nitrogen and oxygen atoms in total. The third kappa shape index (κ3) is 5.48. The van der Waals surface area contributed by atoms with Crippen molar-refractivity contribution >= 4 is 40.1 Å². The minimum atomic E-state index is -1.64. The van der Waals surface area contributed by atoms with E-state index < -0.39 is 52.0 Å². The first-order valence-corrected chi connectivity index (χ1v) is 19.6. The molecule has 0 radical (unpaired) electrons. The molecule has 6 aromatic rings. The normalized spacial score (nSPS) is 20.7. The summed E-state index contributed by atoms with van der Waals surface area (Å²) in [6, 6.07) is 22.6. The SMILES string of the molecule is COc1cc2nc(CCn3c(=O)n4n(c3=O)C3CC5C(=O)N(c6cccc(Cl)c6)C(=O)C5(c5ccccc5)C(c5c(O)cccc5OC)C3=CC4)c(=O)n(C)c2cc1OC. The molecule has 0 bridgehead atoms. The lowest BCUT2D eigenvalue weighted by molar-refractivity contribution is -0.124. The maximum Gasteiger partial charge on any atom is 0.347 e. The van der Waals surface area contributed by atoms with Gasteiger partial charge in [0.05, 0.1) is 62.0 Å². The number of halogens is 1. The molecular formula is C44H39ClN6O9. The number of methoxy groups -OCH3 is 3. The second-order valence-corrected chi connectivity index (χ2v) is 15.5. The molecular weight excluding hydrogens is 792 g/mol. The number of carbonyl (C=O) groups excluding carboxylic acids is 2. The van der Waals surface area contributed by atoms with Crippen LogP contribution in [0.1, 0.15) is 35.2 Å². The van der Waals surface area contributed by atoms with Crippen molar-refractivity contribution in [2.75, 3.05) is 26.2 Å². The molecule has 306 valence electrons. The van der Waals surface area contributed by atoms with Crippen LogP contribution >= 0.6 is 11.6 Å². The Morgan fingerprint density at radius 3 is 2.28 bits per heavy atom. The van der Waals surface area contributed by atoms with Gasteiger partial charge in [-0.05, 0) is 47.9 Å². The van der Waals surface area contributed by atoms with Gasteiger partial charge in [-0.1, -0.05) is 60.1 Å². The molecule has 4 unspecified atom stereocenters. The highest BCUT2D eigenvalue weighted by Crippen LogP contribution is 2.64. The minimum absolute atomic E-state index is 0.0454. The Hall–Kier alpha value is -6.87. The number of rotatable bonds is 9. The van der Waals surface area contributed by atoms with Gasteiger partial charge < -0.3 is 23.9 Å². The lowest BCUT2D eigenvalue weighted by Gasteiger charge is -2.49. The second-order valence-electron chi connectivity index (χ2n) is 15.0. The molecule has 2 aliphatic heterocycles. The van der Waals surface area contributed by atoms with E-state index in [-0.39, 0.29) is 54.4 Å². The van der Waals surface area contributed by atoms with Crippen molar-refractivity contribution in [2.24, 2.45) is 13.0 Å². The fraction of sp³-hybridized carbons (Fsp3) is 0.273. The van der Waals surface area contributed by atoms with E-state index in [4.69, 9.17) is 25.8 Å². The van der Waals surface area contributed by atoms with E-state index in [2.05, 4.69) is 4.98 Å². The number of phenolic OH excluding ortho intramolecular Hbond substituents is 1. The average molecular weight is 831 g/mol. The fourth-order valence-corrected chi connectivity index (χ4v) is 9.83. The number of aromatic hydroxyl groups is 1. The van der Waals surface area contributed by atoms with Crippen LogP contribution in [0.5, 0.6) is 23.0 Å². The van der Waals surface area contributed by atoms with Crippen molar-refractivity contribution < 1.29 is 28.9 Å². The molecule has 4 aromatic carbocycles. The minimum Gasteiger partial charge on any atom is -0.508 e. The van der Waals surface area contributed by atoms with Crippen molar-refractivity contribution in [1.82, 2.24) is 23.5 Å². The number of phenols is 1. The zero-order chi connectivity index (χ0) is 42.2. The van der Waals surface area contributed by atoms with Crippen LogP contribution in [0, 0.1) is 5.92 Å². The number of anilines is 1. The lowest BCUT2D eigenvalue weighted by atomic mass is 9.53. The summed E-state index contributed by atoms with van der Waals surface area (Å²) in [6.07, 6.45) is 1.70. The molecule has 1 N–H and O–H groups in total. The third-order valence-electron chi connectivity index (χ3n) is 12.3. The van der Waals surface area contributed by atoms with Gasteiger partial charge in [-0.25, -0.2) is 33.4 Å². The van der Waals surface area contributed by atoms with Crippen LogP contribution in [0.15, 0.2) is 111 Å². The van der Waals surface area contributed by atoms with Gasteiger partial charge in [0.25, 0.3) is 5.56 Å². The Balaban J connectivity index is 1.20. The highest BCUT2D eigenvalue weighted by atomic mass is 35.5. The molecule has 2 aromatic heterocycles. The van der Waals surface area contributed by atoms with E-state index in [1.807, 2.05) is 6.07 Å². The van der Waals surface area contributed by atoms with Crippen molar-refractivity contribution in [3.63, 3.8) is 0 Å². The molecule has 4 heterocycles. The van der Waals surface area contributed by atoms with E-state index >= 15 is 9.59 Å². The number of allylic oxidation sites excluding steroid dienone is 2. The summed E-state index contributed by atoms with van der Waals surface area (Å²) in [5.74, 6) is -2.27. The van der Waals surface area contributed by atoms with Crippen LogP contribution in [0.25, 0.3) is 11.0 Å². The highest BCUT2D eigenvalue weighted by Gasteiger charge is 2.69. The molecule has 1 aliphatic carbocycles. The summed E-state index contributed by atoms with van der Waals surface area (Å²) < 4.78 is 21.8. The van der Waals surface area contributed by atoms with Gasteiger partial charge in [0.2, 0.25) is 11.8 Å². The van der Waals surface area contributed by atoms with Crippen LogP contribution in [0.3, 0.4) is 0 Å². The highest BCUT2D eigenvalue weighted by molar-refractivity contribution is 6.32. The number of hydrogen-bond acceptors (Lipinski definition) is 10. The monoisotopic (exact) mass is 830 g/mol. The number of carbonyl (C=O) groups is 2. The average Bonchev–Trinajstić information content (AvgIpc) is 3.64. The van der Waals surface area contributed by atoms with Crippen LogP contribution < -0.4 is 36.0 Å². The fourth-order valence-electron chi connectivity index (χ4n) is 9.65. The van der Waals surface area contributed by atoms with E-state index in [1.54, 1.807) is 85.9 Å². The van der Waals surface area contributed by atoms with Crippen LogP contribution in [0.4, 0.5) is 5.69 Å². The van der Waals surface area contributed by atoms with Gasteiger partial charge in [-0.3, -0.25) is 14.4 Å². The summed E-state index contributed by atoms with van der Waals surface area (Å²) in [5, 5.41) is 12.1. The number of aryl methyl sites for hydroxylation is 2. The molecule has 60 heavy (non-hydrogen) atoms. The quantitative estimate of drug-likeness (QED) is 0.162. The standard InChI is InChI=1S/C44H39ClN6O9/c1-47-32-23-36(60-4)35(59-3)22-30(32)46-29(40(47)54)17-18-48-42(56)49-19-16-27-31(51(49)43(48)57)21-28-39(53)50(26-13-8-12-25(45)20-26)41(55)44(28,24-10-6-5-7-11-24)38(27)37-33(52)14-9-15-34(37)58-2/h5-16,20,22-23,28,31,38,52H,17-19,21H2,1-4H3. The zero-order valence-corrected chi connectivity index (χ0v) is 33.8. The van der Waals surface area contributed by atoms with Gasteiger partial charge >= 0.3 is 11.4 Å². The third-order valence-corrected chi connectivity index (χ3v) is 12.5. The molecule has 3 aliphatic rings. The summed E-state index contributed by atoms with van der Waals surface area (Å²) in [7, 11) is 6.04. The van der Waals surface area contributed by atoms with Crippen LogP contribution in [-0.4, -0.2) is 61.7 Å². The molecule has 4 atom stereocenters. The first kappa shape index (κ1) is 38.6. The Labute approximate surface area is 346 Å². The zero-order valence-electron chi connectivity index (χ0n) is 33.0. The van der Waals surface area contributed by atoms with E-state index in [0.717, 1.165) is 9.47 Å². The van der Waals surface area contributed by atoms with Gasteiger partial charge in [0, 0.05) is 48.6 Å². The number of imide groups is 1. The topological polar surface area (TPSA) is 169 Å². The lowest BCUT2D eigenvalue weighted by Crippen LogP contribution is -2.53. The van der Waals surface area contributed by atoms with Crippen LogP contribution in [0.2, 0.25) is 5.02 Å². The first-order valence-electron chi connectivity index (χ1n) is 19.2. The van der Waals surface area contributed by atoms with Crippen molar-refractivity contribution in [2.45, 2.75) is 43.3 Å². The number of ether oxygens (including phenoxy) is 3. The van der Waals surface area contributed by atoms with E-state index in [1.165, 1.54) is 41.3 Å². The largest absolute Gasteiger partial charge is 0.508 e. The number of fused-ring (bicyclic) bond motifs is 5.